The Kier molecular flexibility index (Phi) is 3.97. The Bertz CT molecular complexity index is 605. The van der Waals surface area contributed by atoms with Crippen molar-refractivity contribution in [1.82, 2.24) is 0 Å². The van der Waals surface area contributed by atoms with Gasteiger partial charge in [-0.25, -0.2) is 4.39 Å². The summed E-state index contributed by atoms with van der Waals surface area (Å²) in [5.74, 6) is -0.505. The number of hydrogen-bond acceptors (Lipinski definition) is 1. The molecule has 0 fully saturated rings. The van der Waals surface area contributed by atoms with Gasteiger partial charge >= 0.3 is 6.18 Å². The zero-order valence-corrected chi connectivity index (χ0v) is 10.7. The molecule has 0 heterocycles. The Morgan fingerprint density at radius 2 is 1.75 bits per heavy atom. The Balaban J connectivity index is 2.60. The lowest BCUT2D eigenvalue weighted by Gasteiger charge is -2.14. The molecular formula is C15H12F4O. The van der Waals surface area contributed by atoms with Crippen LogP contribution in [0.4, 0.5) is 17.6 Å². The summed E-state index contributed by atoms with van der Waals surface area (Å²) in [5.41, 5.74) is -1.31. The first-order valence-corrected chi connectivity index (χ1v) is 6.02. The third kappa shape index (κ3) is 2.92. The second kappa shape index (κ2) is 5.53. The van der Waals surface area contributed by atoms with Gasteiger partial charge in [-0.05, 0) is 36.8 Å². The molecule has 0 aliphatic carbocycles. The monoisotopic (exact) mass is 284 g/mol. The highest BCUT2D eigenvalue weighted by Gasteiger charge is 2.34. The second-order valence-corrected chi connectivity index (χ2v) is 4.12. The maximum absolute atomic E-state index is 13.8. The summed E-state index contributed by atoms with van der Waals surface area (Å²) >= 11 is 0. The van der Waals surface area contributed by atoms with Crippen molar-refractivity contribution in [3.8, 4) is 16.9 Å². The first-order chi connectivity index (χ1) is 9.43. The quantitative estimate of drug-likeness (QED) is 0.728. The van der Waals surface area contributed by atoms with Crippen LogP contribution in [0.3, 0.4) is 0 Å². The van der Waals surface area contributed by atoms with Crippen LogP contribution in [0.1, 0.15) is 12.5 Å². The average molecular weight is 284 g/mol. The van der Waals surface area contributed by atoms with E-state index < -0.39 is 23.1 Å². The van der Waals surface area contributed by atoms with Crippen molar-refractivity contribution in [3.63, 3.8) is 0 Å². The molecule has 0 N–H and O–H groups in total. The minimum atomic E-state index is -4.61. The van der Waals surface area contributed by atoms with E-state index in [2.05, 4.69) is 0 Å². The molecule has 106 valence electrons. The summed E-state index contributed by atoms with van der Waals surface area (Å²) in [6, 6.07) is 8.90. The molecule has 2 aromatic rings. The van der Waals surface area contributed by atoms with Crippen molar-refractivity contribution in [2.24, 2.45) is 0 Å². The Labute approximate surface area is 113 Å². The van der Waals surface area contributed by atoms with E-state index in [1.165, 1.54) is 18.2 Å². The summed E-state index contributed by atoms with van der Waals surface area (Å²) in [6.07, 6.45) is -4.61. The summed E-state index contributed by atoms with van der Waals surface area (Å²) in [6.45, 7) is 2.14. The van der Waals surface area contributed by atoms with Gasteiger partial charge in [0.25, 0.3) is 0 Å². The van der Waals surface area contributed by atoms with Crippen molar-refractivity contribution in [2.45, 2.75) is 13.1 Å². The minimum Gasteiger partial charge on any atom is -0.494 e. The zero-order chi connectivity index (χ0) is 14.8. The minimum absolute atomic E-state index is 0.140. The predicted octanol–water partition coefficient (Wildman–Crippen LogP) is 4.91. The van der Waals surface area contributed by atoms with Crippen molar-refractivity contribution < 1.29 is 22.3 Å². The number of halogens is 4. The fraction of sp³-hybridized carbons (Fsp3) is 0.200. The molecule has 0 amide bonds. The van der Waals surface area contributed by atoms with Crippen LogP contribution in [0.15, 0.2) is 42.5 Å². The first-order valence-electron chi connectivity index (χ1n) is 6.02. The van der Waals surface area contributed by atoms with Gasteiger partial charge in [-0.2, -0.15) is 13.2 Å². The summed E-state index contributed by atoms with van der Waals surface area (Å²) in [5, 5.41) is 0. The van der Waals surface area contributed by atoms with E-state index in [0.717, 1.165) is 18.2 Å². The van der Waals surface area contributed by atoms with Crippen LogP contribution < -0.4 is 4.74 Å². The molecule has 0 saturated heterocycles. The largest absolute Gasteiger partial charge is 0.494 e. The highest BCUT2D eigenvalue weighted by Crippen LogP contribution is 2.39. The predicted molar refractivity (Wildman–Crippen MR) is 68.0 cm³/mol. The SMILES string of the molecule is CCOc1cccc(-c2c(F)cccc2C(F)(F)F)c1. The van der Waals surface area contributed by atoms with Gasteiger partial charge in [0, 0.05) is 5.56 Å². The van der Waals surface area contributed by atoms with Gasteiger partial charge in [0.2, 0.25) is 0 Å². The highest BCUT2D eigenvalue weighted by atomic mass is 19.4. The Hall–Kier alpha value is -2.04. The number of alkyl halides is 3. The molecule has 2 rings (SSSR count). The smallest absolute Gasteiger partial charge is 0.417 e. The van der Waals surface area contributed by atoms with Crippen LogP contribution >= 0.6 is 0 Å². The van der Waals surface area contributed by atoms with Gasteiger partial charge in [-0.3, -0.25) is 0 Å². The van der Waals surface area contributed by atoms with Crippen LogP contribution in [0, 0.1) is 5.82 Å². The number of rotatable bonds is 3. The molecule has 2 aromatic carbocycles. The van der Waals surface area contributed by atoms with Crippen LogP contribution in [0.2, 0.25) is 0 Å². The van der Waals surface area contributed by atoms with E-state index in [4.69, 9.17) is 4.74 Å². The molecular weight excluding hydrogens is 272 g/mol. The third-order valence-electron chi connectivity index (χ3n) is 2.75. The summed E-state index contributed by atoms with van der Waals surface area (Å²) < 4.78 is 58.0. The van der Waals surface area contributed by atoms with Gasteiger partial charge in [-0.1, -0.05) is 18.2 Å². The standard InChI is InChI=1S/C15H12F4O/c1-2-20-11-6-3-5-10(9-11)14-12(15(17,18)19)7-4-8-13(14)16/h3-9H,2H2,1H3. The van der Waals surface area contributed by atoms with Gasteiger partial charge < -0.3 is 4.74 Å². The Morgan fingerprint density at radius 1 is 1.05 bits per heavy atom. The maximum atomic E-state index is 13.8. The molecule has 0 aliphatic rings. The lowest BCUT2D eigenvalue weighted by atomic mass is 9.98. The normalized spacial score (nSPS) is 11.4. The number of benzene rings is 2. The van der Waals surface area contributed by atoms with Gasteiger partial charge in [-0.15, -0.1) is 0 Å². The van der Waals surface area contributed by atoms with E-state index >= 15 is 0 Å². The lowest BCUT2D eigenvalue weighted by Crippen LogP contribution is -2.08. The molecule has 0 unspecified atom stereocenters. The molecule has 0 spiro atoms. The molecule has 0 saturated carbocycles. The second-order valence-electron chi connectivity index (χ2n) is 4.12. The fourth-order valence-corrected chi connectivity index (χ4v) is 1.96. The Morgan fingerprint density at radius 3 is 2.40 bits per heavy atom. The molecule has 20 heavy (non-hydrogen) atoms. The lowest BCUT2D eigenvalue weighted by molar-refractivity contribution is -0.137. The van der Waals surface area contributed by atoms with Gasteiger partial charge in [0.15, 0.2) is 0 Å². The van der Waals surface area contributed by atoms with E-state index in [1.54, 1.807) is 13.0 Å². The van der Waals surface area contributed by atoms with Crippen molar-refractivity contribution >= 4 is 0 Å². The van der Waals surface area contributed by atoms with Crippen LogP contribution in [0.5, 0.6) is 5.75 Å². The third-order valence-corrected chi connectivity index (χ3v) is 2.75. The molecule has 0 aromatic heterocycles. The topological polar surface area (TPSA) is 9.23 Å². The molecule has 0 bridgehead atoms. The van der Waals surface area contributed by atoms with E-state index in [9.17, 15) is 17.6 Å². The van der Waals surface area contributed by atoms with Crippen molar-refractivity contribution in [2.75, 3.05) is 6.61 Å². The van der Waals surface area contributed by atoms with E-state index in [1.807, 2.05) is 0 Å². The summed E-state index contributed by atoms with van der Waals surface area (Å²) in [7, 11) is 0. The molecule has 5 heteroatoms. The molecule has 0 aliphatic heterocycles. The van der Waals surface area contributed by atoms with Gasteiger partial charge in [0.05, 0.1) is 12.2 Å². The fourth-order valence-electron chi connectivity index (χ4n) is 1.96. The zero-order valence-electron chi connectivity index (χ0n) is 10.7. The molecule has 0 radical (unpaired) electrons. The van der Waals surface area contributed by atoms with E-state index in [-0.39, 0.29) is 5.56 Å². The molecule has 0 atom stereocenters. The van der Waals surface area contributed by atoms with Crippen LogP contribution in [0.25, 0.3) is 11.1 Å². The van der Waals surface area contributed by atoms with Crippen LogP contribution in [-0.2, 0) is 6.18 Å². The van der Waals surface area contributed by atoms with Crippen molar-refractivity contribution in [3.05, 3.63) is 53.8 Å². The number of hydrogen-bond donors (Lipinski definition) is 0. The maximum Gasteiger partial charge on any atom is 0.417 e. The molecule has 1 nitrogen and oxygen atoms in total. The number of ether oxygens (including phenoxy) is 1. The first kappa shape index (κ1) is 14.4. The highest BCUT2D eigenvalue weighted by molar-refractivity contribution is 5.70. The van der Waals surface area contributed by atoms with Crippen LogP contribution in [-0.4, -0.2) is 6.61 Å². The van der Waals surface area contributed by atoms with Crippen molar-refractivity contribution in [1.29, 1.82) is 0 Å². The average Bonchev–Trinajstić information content (AvgIpc) is 2.38. The summed E-state index contributed by atoms with van der Waals surface area (Å²) in [4.78, 5) is 0. The van der Waals surface area contributed by atoms with Gasteiger partial charge in [0.1, 0.15) is 11.6 Å². The van der Waals surface area contributed by atoms with E-state index in [0.29, 0.717) is 12.4 Å².